The van der Waals surface area contributed by atoms with Gasteiger partial charge in [0.2, 0.25) is 0 Å². The van der Waals surface area contributed by atoms with Gasteiger partial charge in [0.1, 0.15) is 0 Å². The Kier molecular flexibility index (Phi) is 8.44. The van der Waals surface area contributed by atoms with Gasteiger partial charge in [-0.2, -0.15) is 21.6 Å². The van der Waals surface area contributed by atoms with E-state index in [9.17, 15) is 21.6 Å². The molecule has 1 aromatic heterocycles. The molecule has 0 N–H and O–H groups in total. The van der Waals surface area contributed by atoms with E-state index in [4.69, 9.17) is 4.18 Å². The van der Waals surface area contributed by atoms with Crippen LogP contribution in [0.2, 0.25) is 0 Å². The summed E-state index contributed by atoms with van der Waals surface area (Å²) in [5.74, 6) is -0.398. The smallest absolute Gasteiger partial charge is 0.374 e. The second-order valence-electron chi connectivity index (χ2n) is 14.1. The third kappa shape index (κ3) is 5.88. The molecule has 0 bridgehead atoms. The fourth-order valence-corrected chi connectivity index (χ4v) is 9.50. The summed E-state index contributed by atoms with van der Waals surface area (Å²) < 4.78 is 72.3. The fourth-order valence-electron chi connectivity index (χ4n) is 7.82. The predicted molar refractivity (Wildman–Crippen MR) is 222 cm³/mol. The third-order valence-electron chi connectivity index (χ3n) is 10.4. The lowest BCUT2D eigenvalue weighted by atomic mass is 9.82. The van der Waals surface area contributed by atoms with Crippen LogP contribution in [0.1, 0.15) is 25.0 Å². The van der Waals surface area contributed by atoms with Crippen molar-refractivity contribution in [1.82, 2.24) is 0 Å². The van der Waals surface area contributed by atoms with Crippen LogP contribution in [0.25, 0.3) is 31.3 Å². The first-order valence-corrected chi connectivity index (χ1v) is 20.1. The van der Waals surface area contributed by atoms with Crippen molar-refractivity contribution in [3.63, 3.8) is 0 Å². The third-order valence-corrected chi connectivity index (χ3v) is 12.5. The Morgan fingerprint density at radius 1 is 0.571 bits per heavy atom. The molecule has 9 rings (SSSR count). The van der Waals surface area contributed by atoms with Gasteiger partial charge in [0.15, 0.2) is 5.75 Å². The molecular formula is C46H33F3N2O3S2. The molecule has 0 aliphatic heterocycles. The topological polar surface area (TPSA) is 49.9 Å². The maximum absolute atomic E-state index is 13.8. The largest absolute Gasteiger partial charge is 0.534 e. The number of hydrogen-bond acceptors (Lipinski definition) is 6. The quantitative estimate of drug-likeness (QED) is 0.113. The highest BCUT2D eigenvalue weighted by atomic mass is 32.2. The van der Waals surface area contributed by atoms with Crippen molar-refractivity contribution in [2.75, 3.05) is 9.80 Å². The van der Waals surface area contributed by atoms with Crippen molar-refractivity contribution in [3.05, 3.63) is 175 Å². The molecule has 0 saturated heterocycles. The molecule has 10 heteroatoms. The lowest BCUT2D eigenvalue weighted by Crippen LogP contribution is -2.28. The second-order valence-corrected chi connectivity index (χ2v) is 16.7. The molecule has 0 unspecified atom stereocenters. The lowest BCUT2D eigenvalue weighted by Gasteiger charge is -2.29. The number of benzene rings is 7. The van der Waals surface area contributed by atoms with Crippen molar-refractivity contribution in [2.24, 2.45) is 0 Å². The summed E-state index contributed by atoms with van der Waals surface area (Å²) in [5.41, 5.74) is 3.68. The summed E-state index contributed by atoms with van der Waals surface area (Å²) in [5, 5.41) is 1.27. The van der Waals surface area contributed by atoms with Crippen LogP contribution in [0.5, 0.6) is 5.75 Å². The molecule has 5 nitrogen and oxygen atoms in total. The monoisotopic (exact) mass is 782 g/mol. The summed E-state index contributed by atoms with van der Waals surface area (Å²) in [6.45, 7) is 4.41. The highest BCUT2D eigenvalue weighted by molar-refractivity contribution is 7.88. The van der Waals surface area contributed by atoms with Crippen LogP contribution < -0.4 is 14.0 Å². The molecule has 0 radical (unpaired) electrons. The minimum absolute atomic E-state index is 0.267. The van der Waals surface area contributed by atoms with Gasteiger partial charge >= 0.3 is 15.6 Å². The molecular weight excluding hydrogens is 750 g/mol. The van der Waals surface area contributed by atoms with E-state index in [2.05, 4.69) is 60.0 Å². The summed E-state index contributed by atoms with van der Waals surface area (Å²) in [7, 11) is -5.97. The molecule has 278 valence electrons. The maximum atomic E-state index is 13.8. The van der Waals surface area contributed by atoms with Gasteiger partial charge in [0.25, 0.3) is 0 Å². The molecule has 56 heavy (non-hydrogen) atoms. The number of halogens is 3. The van der Waals surface area contributed by atoms with Crippen molar-refractivity contribution >= 4 is 75.8 Å². The van der Waals surface area contributed by atoms with E-state index in [0.717, 1.165) is 49.6 Å². The number of anilines is 6. The minimum atomic E-state index is -5.97. The molecule has 0 amide bonds. The van der Waals surface area contributed by atoms with Crippen LogP contribution in [-0.4, -0.2) is 13.9 Å². The Morgan fingerprint density at radius 2 is 1.11 bits per heavy atom. The number of hydrogen-bond donors (Lipinski definition) is 0. The molecule has 7 aromatic carbocycles. The Labute approximate surface area is 326 Å². The van der Waals surface area contributed by atoms with E-state index >= 15 is 0 Å². The van der Waals surface area contributed by atoms with Crippen LogP contribution in [0.15, 0.2) is 164 Å². The summed E-state index contributed by atoms with van der Waals surface area (Å²) in [6.07, 6.45) is 0. The van der Waals surface area contributed by atoms with Gasteiger partial charge in [0.05, 0.1) is 10.4 Å². The van der Waals surface area contributed by atoms with Gasteiger partial charge in [-0.05, 0) is 101 Å². The summed E-state index contributed by atoms with van der Waals surface area (Å²) in [4.78, 5) is 4.18. The SMILES string of the molecule is CC1(C)c2ccccc2-c2ccc(N(c3ccccc3)c3ccc(OS(=O)(=O)C(F)(F)F)c4sc5ccc(N(c6ccccc6)c6ccccc6)cc5c34)cc21. The Bertz CT molecular complexity index is 2840. The number of alkyl halides is 3. The van der Waals surface area contributed by atoms with Crippen LogP contribution in [0.4, 0.5) is 47.3 Å². The Morgan fingerprint density at radius 3 is 1.73 bits per heavy atom. The second kappa shape index (κ2) is 13.3. The summed E-state index contributed by atoms with van der Waals surface area (Å²) in [6, 6.07) is 53.1. The number of rotatable bonds is 8. The van der Waals surface area contributed by atoms with Gasteiger partial charge in [-0.25, -0.2) is 0 Å². The number of nitrogens with zero attached hydrogens (tertiary/aromatic N) is 2. The van der Waals surface area contributed by atoms with Gasteiger partial charge < -0.3 is 14.0 Å². The molecule has 0 spiro atoms. The first-order chi connectivity index (χ1) is 26.9. The molecule has 1 aliphatic carbocycles. The molecule has 8 aromatic rings. The minimum Gasteiger partial charge on any atom is -0.374 e. The maximum Gasteiger partial charge on any atom is 0.534 e. The lowest BCUT2D eigenvalue weighted by molar-refractivity contribution is -0.0499. The number of thiophene rings is 1. The van der Waals surface area contributed by atoms with Gasteiger partial charge in [0, 0.05) is 49.3 Å². The predicted octanol–water partition coefficient (Wildman–Crippen LogP) is 13.5. The first-order valence-electron chi connectivity index (χ1n) is 17.9. The first kappa shape index (κ1) is 35.6. The Balaban J connectivity index is 1.32. The zero-order chi connectivity index (χ0) is 38.8. The Hall–Kier alpha value is -6.10. The molecule has 0 atom stereocenters. The van der Waals surface area contributed by atoms with E-state index in [1.165, 1.54) is 28.5 Å². The van der Waals surface area contributed by atoms with Crippen molar-refractivity contribution < 1.29 is 25.8 Å². The molecule has 1 aliphatic rings. The fraction of sp³-hybridized carbons (Fsp3) is 0.0870. The molecule has 0 saturated carbocycles. The van der Waals surface area contributed by atoms with Gasteiger partial charge in [-0.3, -0.25) is 0 Å². The van der Waals surface area contributed by atoms with Gasteiger partial charge in [-0.15, -0.1) is 11.3 Å². The van der Waals surface area contributed by atoms with Crippen LogP contribution in [0.3, 0.4) is 0 Å². The van der Waals surface area contributed by atoms with E-state index < -0.39 is 21.4 Å². The van der Waals surface area contributed by atoms with Gasteiger partial charge in [-0.1, -0.05) is 98.8 Å². The van der Waals surface area contributed by atoms with Crippen molar-refractivity contribution in [3.8, 4) is 16.9 Å². The zero-order valence-corrected chi connectivity index (χ0v) is 31.8. The van der Waals surface area contributed by atoms with E-state index in [-0.39, 0.29) is 10.1 Å². The normalized spacial score (nSPS) is 13.4. The van der Waals surface area contributed by atoms with Crippen LogP contribution in [0, 0.1) is 0 Å². The number of fused-ring (bicyclic) bond motifs is 6. The molecule has 1 heterocycles. The highest BCUT2D eigenvalue weighted by Crippen LogP contribution is 2.53. The van der Waals surface area contributed by atoms with E-state index in [1.54, 1.807) is 6.07 Å². The van der Waals surface area contributed by atoms with E-state index in [0.29, 0.717) is 11.1 Å². The number of para-hydroxylation sites is 3. The van der Waals surface area contributed by atoms with Crippen molar-refractivity contribution in [1.29, 1.82) is 0 Å². The zero-order valence-electron chi connectivity index (χ0n) is 30.2. The standard InChI is InChI=1S/C46H33F3N2O3S2/c1-45(2)38-21-13-12-20-35(38)36-24-22-34(29-39(36)45)51(32-18-10-5-11-19-32)40-25-26-41(54-56(52,53)46(47,48)49)44-43(40)37-28-33(23-27-42(37)55-44)50(30-14-6-3-7-15-30)31-16-8-4-9-17-31/h3-29H,1-2H3. The van der Waals surface area contributed by atoms with E-state index in [1.807, 2.05) is 115 Å². The average molecular weight is 783 g/mol. The molecule has 0 fully saturated rings. The summed E-state index contributed by atoms with van der Waals surface area (Å²) >= 11 is 1.18. The average Bonchev–Trinajstić information content (AvgIpc) is 3.69. The van der Waals surface area contributed by atoms with Crippen LogP contribution >= 0.6 is 11.3 Å². The highest BCUT2D eigenvalue weighted by Gasteiger charge is 2.49. The van der Waals surface area contributed by atoms with Crippen molar-refractivity contribution in [2.45, 2.75) is 24.8 Å². The van der Waals surface area contributed by atoms with Crippen LogP contribution in [-0.2, 0) is 15.5 Å².